The Balaban J connectivity index is 2.02. The second-order valence-electron chi connectivity index (χ2n) is 7.25. The molecule has 25 heavy (non-hydrogen) atoms. The molecule has 1 unspecified atom stereocenters. The highest BCUT2D eigenvalue weighted by Gasteiger charge is 2.18. The topological polar surface area (TPSA) is 23.5 Å². The molecule has 0 heterocycles. The van der Waals surface area contributed by atoms with E-state index in [1.165, 1.54) is 24.0 Å². The van der Waals surface area contributed by atoms with Gasteiger partial charge in [0.2, 0.25) is 0 Å². The van der Waals surface area contributed by atoms with Gasteiger partial charge in [0.25, 0.3) is 0 Å². The molecule has 0 fully saturated rings. The van der Waals surface area contributed by atoms with Crippen LogP contribution in [-0.4, -0.2) is 29.7 Å². The van der Waals surface area contributed by atoms with Gasteiger partial charge in [-0.1, -0.05) is 61.6 Å². The maximum absolute atomic E-state index is 9.24. The van der Waals surface area contributed by atoms with Gasteiger partial charge in [0, 0.05) is 26.2 Å². The van der Waals surface area contributed by atoms with Crippen LogP contribution in [0.1, 0.15) is 43.7 Å². The van der Waals surface area contributed by atoms with Gasteiger partial charge in [-0.05, 0) is 48.6 Å². The van der Waals surface area contributed by atoms with Crippen LogP contribution in [0.2, 0.25) is 0 Å². The fourth-order valence-electron chi connectivity index (χ4n) is 3.55. The fraction of sp³-hybridized carbons (Fsp3) is 0.478. The summed E-state index contributed by atoms with van der Waals surface area (Å²) >= 11 is 0. The number of hydrogen-bond donors (Lipinski definition) is 1. The van der Waals surface area contributed by atoms with Crippen molar-refractivity contribution in [2.75, 3.05) is 19.7 Å². The van der Waals surface area contributed by atoms with Crippen LogP contribution >= 0.6 is 0 Å². The molecule has 2 rings (SSSR count). The predicted molar refractivity (Wildman–Crippen MR) is 108 cm³/mol. The molecule has 1 N–H and O–H groups in total. The molecular weight excluding hydrogens is 306 g/mol. The van der Waals surface area contributed by atoms with Crippen molar-refractivity contribution in [3.63, 3.8) is 0 Å². The standard InChI is InChI=1S/C23H33NO/c1-4-20-9-11-22(12-10-20)18-24(15-6-16-25)17-21-8-7-19(3)23(5-2)14-13-21/h4-5,9-13,19,23,25H,1-2,6-8,14-18H2,3H3/t19?,23-/m1/s1. The molecule has 0 aromatic heterocycles. The summed E-state index contributed by atoms with van der Waals surface area (Å²) < 4.78 is 0. The molecule has 1 aliphatic carbocycles. The second kappa shape index (κ2) is 10.4. The molecule has 0 bridgehead atoms. The minimum Gasteiger partial charge on any atom is -0.396 e. The number of hydrogen-bond acceptors (Lipinski definition) is 2. The lowest BCUT2D eigenvalue weighted by Crippen LogP contribution is -2.27. The quantitative estimate of drug-likeness (QED) is 0.636. The van der Waals surface area contributed by atoms with Crippen molar-refractivity contribution in [3.8, 4) is 0 Å². The Morgan fingerprint density at radius 2 is 1.96 bits per heavy atom. The number of aliphatic hydroxyl groups is 1. The van der Waals surface area contributed by atoms with Crippen LogP contribution in [0.25, 0.3) is 6.08 Å². The average molecular weight is 340 g/mol. The third-order valence-electron chi connectivity index (χ3n) is 5.31. The van der Waals surface area contributed by atoms with E-state index in [4.69, 9.17) is 0 Å². The van der Waals surface area contributed by atoms with Crippen LogP contribution in [0, 0.1) is 11.8 Å². The summed E-state index contributed by atoms with van der Waals surface area (Å²) in [6, 6.07) is 8.60. The summed E-state index contributed by atoms with van der Waals surface area (Å²) in [5, 5.41) is 9.24. The highest BCUT2D eigenvalue weighted by molar-refractivity contribution is 5.47. The molecule has 136 valence electrons. The van der Waals surface area contributed by atoms with Crippen LogP contribution in [0.5, 0.6) is 0 Å². The summed E-state index contributed by atoms with van der Waals surface area (Å²) in [5.74, 6) is 1.32. The lowest BCUT2D eigenvalue weighted by Gasteiger charge is -2.24. The van der Waals surface area contributed by atoms with Gasteiger partial charge < -0.3 is 5.11 Å². The van der Waals surface area contributed by atoms with E-state index in [1.54, 1.807) is 0 Å². The number of aliphatic hydroxyl groups excluding tert-OH is 1. The zero-order valence-electron chi connectivity index (χ0n) is 15.7. The lowest BCUT2D eigenvalue weighted by atomic mass is 9.90. The molecule has 1 aliphatic rings. The van der Waals surface area contributed by atoms with Crippen LogP contribution in [0.3, 0.4) is 0 Å². The predicted octanol–water partition coefficient (Wildman–Crippen LogP) is 5.06. The zero-order chi connectivity index (χ0) is 18.1. The Morgan fingerprint density at radius 1 is 1.20 bits per heavy atom. The van der Waals surface area contributed by atoms with Gasteiger partial charge in [0.05, 0.1) is 0 Å². The third kappa shape index (κ3) is 6.30. The van der Waals surface area contributed by atoms with E-state index in [0.717, 1.165) is 38.0 Å². The Morgan fingerprint density at radius 3 is 2.60 bits per heavy atom. The number of rotatable bonds is 9. The summed E-state index contributed by atoms with van der Waals surface area (Å²) in [6.45, 7) is 13.3. The van der Waals surface area contributed by atoms with Gasteiger partial charge in [-0.15, -0.1) is 6.58 Å². The molecule has 0 saturated carbocycles. The second-order valence-corrected chi connectivity index (χ2v) is 7.25. The maximum Gasteiger partial charge on any atom is 0.0443 e. The monoisotopic (exact) mass is 339 g/mol. The van der Waals surface area contributed by atoms with Crippen molar-refractivity contribution >= 4 is 6.08 Å². The molecule has 2 atom stereocenters. The number of benzene rings is 1. The van der Waals surface area contributed by atoms with Crippen molar-refractivity contribution in [3.05, 3.63) is 66.3 Å². The first kappa shape index (κ1) is 19.7. The summed E-state index contributed by atoms with van der Waals surface area (Å²) in [5.41, 5.74) is 4.01. The zero-order valence-corrected chi connectivity index (χ0v) is 15.7. The first-order valence-electron chi connectivity index (χ1n) is 9.51. The Labute approximate surface area is 153 Å². The van der Waals surface area contributed by atoms with Crippen molar-refractivity contribution in [2.24, 2.45) is 11.8 Å². The van der Waals surface area contributed by atoms with Crippen LogP contribution in [0.15, 0.2) is 55.1 Å². The minimum atomic E-state index is 0.251. The summed E-state index contributed by atoms with van der Waals surface area (Å²) in [7, 11) is 0. The molecule has 2 heteroatoms. The Bertz CT molecular complexity index is 572. The highest BCUT2D eigenvalue weighted by Crippen LogP contribution is 2.29. The third-order valence-corrected chi connectivity index (χ3v) is 5.31. The van der Waals surface area contributed by atoms with E-state index in [2.05, 4.69) is 61.4 Å². The molecule has 1 aromatic rings. The smallest absolute Gasteiger partial charge is 0.0443 e. The van der Waals surface area contributed by atoms with Crippen LogP contribution < -0.4 is 0 Å². The van der Waals surface area contributed by atoms with E-state index in [9.17, 15) is 5.11 Å². The lowest BCUT2D eigenvalue weighted by molar-refractivity contribution is 0.227. The molecule has 2 nitrogen and oxygen atoms in total. The van der Waals surface area contributed by atoms with Gasteiger partial charge in [-0.3, -0.25) is 4.90 Å². The molecule has 0 saturated heterocycles. The van der Waals surface area contributed by atoms with Crippen molar-refractivity contribution < 1.29 is 5.11 Å². The molecule has 0 aliphatic heterocycles. The van der Waals surface area contributed by atoms with Gasteiger partial charge >= 0.3 is 0 Å². The van der Waals surface area contributed by atoms with Crippen LogP contribution in [0.4, 0.5) is 0 Å². The molecule has 1 aromatic carbocycles. The van der Waals surface area contributed by atoms with Crippen molar-refractivity contribution in [1.29, 1.82) is 0 Å². The van der Waals surface area contributed by atoms with Gasteiger partial charge in [0.1, 0.15) is 0 Å². The van der Waals surface area contributed by atoms with Gasteiger partial charge in [-0.2, -0.15) is 0 Å². The van der Waals surface area contributed by atoms with E-state index in [1.807, 2.05) is 6.08 Å². The van der Waals surface area contributed by atoms with Gasteiger partial charge in [-0.25, -0.2) is 0 Å². The van der Waals surface area contributed by atoms with Gasteiger partial charge in [0.15, 0.2) is 0 Å². The largest absolute Gasteiger partial charge is 0.396 e. The van der Waals surface area contributed by atoms with E-state index in [-0.39, 0.29) is 6.61 Å². The van der Waals surface area contributed by atoms with E-state index in [0.29, 0.717) is 11.8 Å². The average Bonchev–Trinajstić information content (AvgIpc) is 2.81. The maximum atomic E-state index is 9.24. The van der Waals surface area contributed by atoms with E-state index < -0.39 is 0 Å². The molecular formula is C23H33NO. The minimum absolute atomic E-state index is 0.251. The Kier molecular flexibility index (Phi) is 8.17. The first-order valence-corrected chi connectivity index (χ1v) is 9.51. The van der Waals surface area contributed by atoms with Crippen molar-refractivity contribution in [2.45, 2.75) is 39.2 Å². The normalized spacial score (nSPS) is 20.8. The highest BCUT2D eigenvalue weighted by atomic mass is 16.3. The fourth-order valence-corrected chi connectivity index (χ4v) is 3.55. The summed E-state index contributed by atoms with van der Waals surface area (Å²) in [4.78, 5) is 2.46. The summed E-state index contributed by atoms with van der Waals surface area (Å²) in [6.07, 6.45) is 10.8. The number of allylic oxidation sites excluding steroid dienone is 2. The molecule has 0 radical (unpaired) electrons. The van der Waals surface area contributed by atoms with Crippen molar-refractivity contribution in [1.82, 2.24) is 4.90 Å². The Hall–Kier alpha value is -1.64. The first-order chi connectivity index (χ1) is 12.2. The SMILES string of the molecule is C=Cc1ccc(CN(CCCO)CC2=CC[C@@H](C=C)C(C)CC2)cc1. The van der Waals surface area contributed by atoms with E-state index >= 15 is 0 Å². The number of nitrogens with zero attached hydrogens (tertiary/aromatic N) is 1. The molecule has 0 spiro atoms. The van der Waals surface area contributed by atoms with Crippen LogP contribution in [-0.2, 0) is 6.54 Å². The molecule has 0 amide bonds.